The summed E-state index contributed by atoms with van der Waals surface area (Å²) in [4.78, 5) is 35.7. The molecule has 7 nitrogen and oxygen atoms in total. The molecular weight excluding hydrogens is 350 g/mol. The number of halogens is 1. The maximum Gasteiger partial charge on any atom is 0.374 e. The van der Waals surface area contributed by atoms with Crippen molar-refractivity contribution in [2.24, 2.45) is 0 Å². The highest BCUT2D eigenvalue weighted by Gasteiger charge is 2.18. The molecule has 1 aromatic carbocycles. The van der Waals surface area contributed by atoms with Gasteiger partial charge in [0.1, 0.15) is 5.58 Å². The summed E-state index contributed by atoms with van der Waals surface area (Å²) < 4.78 is 15.6. The molecule has 132 valence electrons. The lowest BCUT2D eigenvalue weighted by Gasteiger charge is -2.10. The Balaban J connectivity index is 1.59. The molecule has 0 unspecified atom stereocenters. The minimum absolute atomic E-state index is 0.00462. The number of esters is 1. The van der Waals surface area contributed by atoms with Crippen molar-refractivity contribution in [1.82, 2.24) is 5.32 Å². The molecular formula is C17H16ClNO6. The van der Waals surface area contributed by atoms with Crippen LogP contribution in [0.5, 0.6) is 0 Å². The number of fused-ring (bicyclic) bond motifs is 1. The molecule has 0 radical (unpaired) electrons. The van der Waals surface area contributed by atoms with Crippen LogP contribution in [0.15, 0.2) is 33.5 Å². The average Bonchev–Trinajstić information content (AvgIpc) is 3.12. The Morgan fingerprint density at radius 2 is 2.16 bits per heavy atom. The standard InChI is InChI=1S/C17H16ClNO6/c18-10-3-4-14-12(6-10)13(20)7-15(25-14)17(22)24-9-16(21)19-8-11-2-1-5-23-11/h3-4,6-7,11H,1-2,5,8-9H2,(H,19,21)/t11-/m0/s1. The van der Waals surface area contributed by atoms with Crippen LogP contribution < -0.4 is 10.7 Å². The predicted octanol–water partition coefficient (Wildman–Crippen LogP) is 1.90. The van der Waals surface area contributed by atoms with Crippen LogP contribution in [-0.2, 0) is 14.3 Å². The molecule has 1 fully saturated rings. The number of nitrogens with one attached hydrogen (secondary N) is 1. The molecule has 25 heavy (non-hydrogen) atoms. The second-order valence-electron chi connectivity index (χ2n) is 5.63. The van der Waals surface area contributed by atoms with E-state index in [-0.39, 0.29) is 22.8 Å². The van der Waals surface area contributed by atoms with Crippen LogP contribution in [0.25, 0.3) is 11.0 Å². The van der Waals surface area contributed by atoms with Gasteiger partial charge in [-0.3, -0.25) is 9.59 Å². The van der Waals surface area contributed by atoms with Crippen LogP contribution in [-0.4, -0.2) is 37.7 Å². The Bertz CT molecular complexity index is 856. The van der Waals surface area contributed by atoms with E-state index in [1.54, 1.807) is 6.07 Å². The van der Waals surface area contributed by atoms with E-state index in [1.165, 1.54) is 12.1 Å². The Morgan fingerprint density at radius 3 is 2.92 bits per heavy atom. The lowest BCUT2D eigenvalue weighted by Crippen LogP contribution is -2.34. The average molecular weight is 366 g/mol. The SMILES string of the molecule is O=C(COC(=O)c1cc(=O)c2cc(Cl)ccc2o1)NC[C@@H]1CCCO1. The van der Waals surface area contributed by atoms with Crippen molar-refractivity contribution < 1.29 is 23.5 Å². The Kier molecular flexibility index (Phi) is 5.35. The third-order valence-corrected chi connectivity index (χ3v) is 4.01. The van der Waals surface area contributed by atoms with Gasteiger partial charge in [0.15, 0.2) is 12.0 Å². The first-order chi connectivity index (χ1) is 12.0. The van der Waals surface area contributed by atoms with Gasteiger partial charge < -0.3 is 19.2 Å². The van der Waals surface area contributed by atoms with Gasteiger partial charge in [-0.1, -0.05) is 11.6 Å². The van der Waals surface area contributed by atoms with Gasteiger partial charge in [-0.25, -0.2) is 4.79 Å². The summed E-state index contributed by atoms with van der Waals surface area (Å²) in [6.07, 6.45) is 1.87. The number of amides is 1. The molecule has 1 amide bonds. The molecule has 1 aromatic heterocycles. The number of benzene rings is 1. The highest BCUT2D eigenvalue weighted by molar-refractivity contribution is 6.31. The number of ether oxygens (including phenoxy) is 2. The van der Waals surface area contributed by atoms with Crippen molar-refractivity contribution in [1.29, 1.82) is 0 Å². The van der Waals surface area contributed by atoms with Gasteiger partial charge in [0.25, 0.3) is 5.91 Å². The fraction of sp³-hybridized carbons (Fsp3) is 0.353. The molecule has 0 aliphatic carbocycles. The van der Waals surface area contributed by atoms with E-state index in [1.807, 2.05) is 0 Å². The predicted molar refractivity (Wildman–Crippen MR) is 89.8 cm³/mol. The van der Waals surface area contributed by atoms with E-state index in [0.29, 0.717) is 18.2 Å². The van der Waals surface area contributed by atoms with Gasteiger partial charge in [0, 0.05) is 24.2 Å². The van der Waals surface area contributed by atoms with Crippen LogP contribution in [0.2, 0.25) is 5.02 Å². The van der Waals surface area contributed by atoms with Gasteiger partial charge in [-0.05, 0) is 31.0 Å². The van der Waals surface area contributed by atoms with Crippen LogP contribution in [0.1, 0.15) is 23.4 Å². The quantitative estimate of drug-likeness (QED) is 0.813. The van der Waals surface area contributed by atoms with Crippen molar-refractivity contribution in [3.63, 3.8) is 0 Å². The number of hydrogen-bond acceptors (Lipinski definition) is 6. The first kappa shape index (κ1) is 17.4. The molecule has 0 saturated carbocycles. The maximum atomic E-state index is 12.0. The van der Waals surface area contributed by atoms with Gasteiger partial charge in [-0.15, -0.1) is 0 Å². The van der Waals surface area contributed by atoms with Crippen LogP contribution in [0, 0.1) is 0 Å². The third-order valence-electron chi connectivity index (χ3n) is 3.78. The topological polar surface area (TPSA) is 94.8 Å². The lowest BCUT2D eigenvalue weighted by atomic mass is 10.2. The summed E-state index contributed by atoms with van der Waals surface area (Å²) in [7, 11) is 0. The molecule has 1 aliphatic rings. The van der Waals surface area contributed by atoms with Crippen molar-refractivity contribution >= 4 is 34.4 Å². The van der Waals surface area contributed by atoms with Gasteiger partial charge in [-0.2, -0.15) is 0 Å². The Hall–Kier alpha value is -2.38. The summed E-state index contributed by atoms with van der Waals surface area (Å²) in [5.74, 6) is -1.60. The number of carbonyl (C=O) groups is 2. The summed E-state index contributed by atoms with van der Waals surface area (Å²) in [6, 6.07) is 5.51. The van der Waals surface area contributed by atoms with Crippen molar-refractivity contribution in [2.45, 2.75) is 18.9 Å². The van der Waals surface area contributed by atoms with E-state index < -0.39 is 23.9 Å². The van der Waals surface area contributed by atoms with Crippen LogP contribution in [0.4, 0.5) is 0 Å². The van der Waals surface area contributed by atoms with E-state index in [0.717, 1.165) is 18.9 Å². The molecule has 3 rings (SSSR count). The third kappa shape index (κ3) is 4.37. The van der Waals surface area contributed by atoms with Gasteiger partial charge in [0.2, 0.25) is 5.76 Å². The molecule has 1 atom stereocenters. The normalized spacial score (nSPS) is 16.8. The number of rotatable bonds is 5. The summed E-state index contributed by atoms with van der Waals surface area (Å²) >= 11 is 5.83. The maximum absolute atomic E-state index is 12.0. The zero-order chi connectivity index (χ0) is 17.8. The molecule has 1 saturated heterocycles. The fourth-order valence-corrected chi connectivity index (χ4v) is 2.69. The monoisotopic (exact) mass is 365 g/mol. The largest absolute Gasteiger partial charge is 0.450 e. The van der Waals surface area contributed by atoms with E-state index >= 15 is 0 Å². The molecule has 2 heterocycles. The first-order valence-corrected chi connectivity index (χ1v) is 8.19. The zero-order valence-electron chi connectivity index (χ0n) is 13.2. The molecule has 0 bridgehead atoms. The summed E-state index contributed by atoms with van der Waals surface area (Å²) in [5.41, 5.74) is -0.204. The van der Waals surface area contributed by atoms with Crippen LogP contribution >= 0.6 is 11.6 Å². The Morgan fingerprint density at radius 1 is 1.32 bits per heavy atom. The second-order valence-corrected chi connectivity index (χ2v) is 6.07. The van der Waals surface area contributed by atoms with E-state index in [4.69, 9.17) is 25.5 Å². The highest BCUT2D eigenvalue weighted by atomic mass is 35.5. The van der Waals surface area contributed by atoms with Crippen molar-refractivity contribution in [3.05, 3.63) is 45.3 Å². The second kappa shape index (κ2) is 7.67. The summed E-state index contributed by atoms with van der Waals surface area (Å²) in [5, 5.41) is 3.28. The van der Waals surface area contributed by atoms with Gasteiger partial charge >= 0.3 is 5.97 Å². The molecule has 8 heteroatoms. The minimum atomic E-state index is -0.888. The minimum Gasteiger partial charge on any atom is -0.450 e. The van der Waals surface area contributed by atoms with Crippen LogP contribution in [0.3, 0.4) is 0 Å². The Labute approximate surface area is 147 Å². The summed E-state index contributed by atoms with van der Waals surface area (Å²) in [6.45, 7) is 0.609. The molecule has 1 aliphatic heterocycles. The molecule has 1 N–H and O–H groups in total. The van der Waals surface area contributed by atoms with E-state index in [2.05, 4.69) is 5.32 Å². The van der Waals surface area contributed by atoms with Crippen molar-refractivity contribution in [3.8, 4) is 0 Å². The molecule has 2 aromatic rings. The van der Waals surface area contributed by atoms with Crippen molar-refractivity contribution in [2.75, 3.05) is 19.8 Å². The lowest BCUT2D eigenvalue weighted by molar-refractivity contribution is -0.124. The van der Waals surface area contributed by atoms with Gasteiger partial charge in [0.05, 0.1) is 11.5 Å². The molecule has 0 spiro atoms. The number of hydrogen-bond donors (Lipinski definition) is 1. The zero-order valence-corrected chi connectivity index (χ0v) is 14.0. The fourth-order valence-electron chi connectivity index (χ4n) is 2.52. The first-order valence-electron chi connectivity index (χ1n) is 7.82. The number of carbonyl (C=O) groups excluding carboxylic acids is 2. The van der Waals surface area contributed by atoms with E-state index in [9.17, 15) is 14.4 Å². The smallest absolute Gasteiger partial charge is 0.374 e. The highest BCUT2D eigenvalue weighted by Crippen LogP contribution is 2.18.